The van der Waals surface area contributed by atoms with Gasteiger partial charge in [-0.05, 0) is 50.3 Å². The summed E-state index contributed by atoms with van der Waals surface area (Å²) in [5, 5.41) is 3.00. The largest absolute Gasteiger partial charge is 0.497 e. The number of amides is 3. The van der Waals surface area contributed by atoms with E-state index in [2.05, 4.69) is 5.32 Å². The molecule has 2 fully saturated rings. The maximum Gasteiger partial charge on any atom is 0.319 e. The number of rotatable bonds is 6. The fraction of sp³-hybridized carbons (Fsp3) is 0.556. The van der Waals surface area contributed by atoms with E-state index in [-0.39, 0.29) is 24.5 Å². The van der Waals surface area contributed by atoms with Gasteiger partial charge in [0, 0.05) is 12.1 Å². The van der Waals surface area contributed by atoms with Gasteiger partial charge in [0.15, 0.2) is 0 Å². The van der Waals surface area contributed by atoms with Crippen LogP contribution in [-0.2, 0) is 11.2 Å². The van der Waals surface area contributed by atoms with Gasteiger partial charge in [-0.25, -0.2) is 4.79 Å². The van der Waals surface area contributed by atoms with Crippen molar-refractivity contribution in [2.75, 3.05) is 20.3 Å². The van der Waals surface area contributed by atoms with E-state index in [9.17, 15) is 9.59 Å². The number of carbonyl (C=O) groups excluding carboxylic acids is 2. The Bertz CT molecular complexity index is 598. The molecule has 1 aliphatic carbocycles. The zero-order valence-electron chi connectivity index (χ0n) is 14.3. The van der Waals surface area contributed by atoms with E-state index in [1.165, 1.54) is 5.56 Å². The Hall–Kier alpha value is -2.24. The van der Waals surface area contributed by atoms with Crippen LogP contribution >= 0.6 is 0 Å². The highest BCUT2D eigenvalue weighted by Crippen LogP contribution is 2.29. The Kier molecular flexibility index (Phi) is 4.92. The molecule has 2 aliphatic rings. The van der Waals surface area contributed by atoms with Crippen molar-refractivity contribution in [1.82, 2.24) is 15.1 Å². The minimum Gasteiger partial charge on any atom is -0.497 e. The van der Waals surface area contributed by atoms with E-state index in [0.717, 1.165) is 31.4 Å². The molecule has 0 bridgehead atoms. The number of carbonyl (C=O) groups is 2. The summed E-state index contributed by atoms with van der Waals surface area (Å²) in [4.78, 5) is 27.6. The van der Waals surface area contributed by atoms with Gasteiger partial charge < -0.3 is 15.0 Å². The predicted molar refractivity (Wildman–Crippen MR) is 90.7 cm³/mol. The Balaban J connectivity index is 1.43. The second kappa shape index (κ2) is 7.11. The zero-order valence-corrected chi connectivity index (χ0v) is 14.3. The number of methoxy groups -OCH3 is 1. The van der Waals surface area contributed by atoms with Crippen LogP contribution in [0.1, 0.15) is 31.7 Å². The highest BCUT2D eigenvalue weighted by atomic mass is 16.5. The van der Waals surface area contributed by atoms with E-state index >= 15 is 0 Å². The molecule has 6 heteroatoms. The maximum atomic E-state index is 12.3. The van der Waals surface area contributed by atoms with Crippen molar-refractivity contribution >= 4 is 11.9 Å². The van der Waals surface area contributed by atoms with Gasteiger partial charge in [-0.15, -0.1) is 0 Å². The summed E-state index contributed by atoms with van der Waals surface area (Å²) in [6.07, 6.45) is 3.88. The molecule has 0 radical (unpaired) electrons. The van der Waals surface area contributed by atoms with Crippen LogP contribution in [-0.4, -0.2) is 54.1 Å². The number of nitrogens with zero attached hydrogens (tertiary/aromatic N) is 2. The van der Waals surface area contributed by atoms with Crippen LogP contribution in [0.15, 0.2) is 24.3 Å². The van der Waals surface area contributed by atoms with Gasteiger partial charge >= 0.3 is 6.03 Å². The second-order valence-corrected chi connectivity index (χ2v) is 6.67. The molecule has 3 amide bonds. The molecule has 24 heavy (non-hydrogen) atoms. The molecule has 0 aromatic heterocycles. The molecular weight excluding hydrogens is 306 g/mol. The lowest BCUT2D eigenvalue weighted by molar-refractivity contribution is -0.127. The van der Waals surface area contributed by atoms with E-state index in [4.69, 9.17) is 4.74 Å². The summed E-state index contributed by atoms with van der Waals surface area (Å²) in [6.45, 7) is 2.63. The van der Waals surface area contributed by atoms with Crippen LogP contribution in [0, 0.1) is 0 Å². The molecule has 1 saturated heterocycles. The third kappa shape index (κ3) is 3.99. The van der Waals surface area contributed by atoms with Gasteiger partial charge in [-0.1, -0.05) is 12.1 Å². The van der Waals surface area contributed by atoms with Crippen LogP contribution in [0.25, 0.3) is 0 Å². The van der Waals surface area contributed by atoms with Crippen molar-refractivity contribution in [3.8, 4) is 5.75 Å². The van der Waals surface area contributed by atoms with E-state index in [0.29, 0.717) is 12.7 Å². The second-order valence-electron chi connectivity index (χ2n) is 6.67. The van der Waals surface area contributed by atoms with Crippen molar-refractivity contribution in [2.24, 2.45) is 0 Å². The predicted octanol–water partition coefficient (Wildman–Crippen LogP) is 1.99. The molecule has 1 N–H and O–H groups in total. The van der Waals surface area contributed by atoms with Crippen LogP contribution in [0.5, 0.6) is 5.75 Å². The van der Waals surface area contributed by atoms with Crippen LogP contribution in [0.3, 0.4) is 0 Å². The molecule has 6 nitrogen and oxygen atoms in total. The van der Waals surface area contributed by atoms with E-state index < -0.39 is 0 Å². The molecule has 1 aliphatic heterocycles. The summed E-state index contributed by atoms with van der Waals surface area (Å²) < 4.78 is 5.15. The van der Waals surface area contributed by atoms with Gasteiger partial charge in [0.1, 0.15) is 12.3 Å². The fourth-order valence-corrected chi connectivity index (χ4v) is 2.96. The fourth-order valence-electron chi connectivity index (χ4n) is 2.96. The van der Waals surface area contributed by atoms with Crippen molar-refractivity contribution in [1.29, 1.82) is 0 Å². The topological polar surface area (TPSA) is 61.9 Å². The van der Waals surface area contributed by atoms with Crippen molar-refractivity contribution in [3.63, 3.8) is 0 Å². The van der Waals surface area contributed by atoms with Crippen LogP contribution in [0.2, 0.25) is 0 Å². The van der Waals surface area contributed by atoms with Gasteiger partial charge in [-0.3, -0.25) is 9.69 Å². The monoisotopic (exact) mass is 331 g/mol. The van der Waals surface area contributed by atoms with Gasteiger partial charge in [-0.2, -0.15) is 0 Å². The first kappa shape index (κ1) is 16.6. The first-order valence-electron chi connectivity index (χ1n) is 8.54. The Labute approximate surface area is 142 Å². The number of nitrogens with one attached hydrogen (secondary N) is 1. The minimum atomic E-state index is -0.145. The number of ether oxygens (including phenoxy) is 1. The summed E-state index contributed by atoms with van der Waals surface area (Å²) in [7, 11) is 1.65. The normalized spacial score (nSPS) is 18.7. The summed E-state index contributed by atoms with van der Waals surface area (Å²) >= 11 is 0. The Morgan fingerprint density at radius 3 is 2.67 bits per heavy atom. The lowest BCUT2D eigenvalue weighted by atomic mass is 10.1. The minimum absolute atomic E-state index is 0.0599. The summed E-state index contributed by atoms with van der Waals surface area (Å²) in [5.74, 6) is 0.914. The van der Waals surface area contributed by atoms with Crippen molar-refractivity contribution in [2.45, 2.75) is 44.7 Å². The molecule has 1 atom stereocenters. The zero-order chi connectivity index (χ0) is 17.1. The number of hydrogen-bond acceptors (Lipinski definition) is 3. The molecule has 130 valence electrons. The highest BCUT2D eigenvalue weighted by molar-refractivity contribution is 5.87. The maximum absolute atomic E-state index is 12.3. The van der Waals surface area contributed by atoms with Gasteiger partial charge in [0.2, 0.25) is 5.91 Å². The number of urea groups is 1. The number of hydrogen-bond donors (Lipinski definition) is 1. The smallest absolute Gasteiger partial charge is 0.319 e. The average molecular weight is 331 g/mol. The van der Waals surface area contributed by atoms with Crippen molar-refractivity contribution < 1.29 is 14.3 Å². The molecule has 1 aromatic carbocycles. The summed E-state index contributed by atoms with van der Waals surface area (Å²) in [5.41, 5.74) is 1.22. The first-order valence-corrected chi connectivity index (χ1v) is 8.54. The SMILES string of the molecule is COc1ccc(CC[C@H](C)NC(=O)N2CC(=O)N(C3CC3)C2)cc1. The molecule has 1 saturated carbocycles. The molecule has 0 spiro atoms. The quantitative estimate of drug-likeness (QED) is 0.867. The van der Waals surface area contributed by atoms with Crippen LogP contribution < -0.4 is 10.1 Å². The Morgan fingerprint density at radius 1 is 1.33 bits per heavy atom. The third-order valence-electron chi connectivity index (χ3n) is 4.64. The molecule has 1 heterocycles. The highest BCUT2D eigenvalue weighted by Gasteiger charge is 2.39. The lowest BCUT2D eigenvalue weighted by Crippen LogP contribution is -2.43. The molecular formula is C18H25N3O3. The number of benzene rings is 1. The summed E-state index contributed by atoms with van der Waals surface area (Å²) in [6, 6.07) is 8.25. The van der Waals surface area contributed by atoms with Gasteiger partial charge in [0.05, 0.1) is 13.8 Å². The molecule has 0 unspecified atom stereocenters. The van der Waals surface area contributed by atoms with Gasteiger partial charge in [0.25, 0.3) is 0 Å². The first-order chi connectivity index (χ1) is 11.6. The van der Waals surface area contributed by atoms with E-state index in [1.807, 2.05) is 36.1 Å². The molecule has 3 rings (SSSR count). The van der Waals surface area contributed by atoms with Crippen LogP contribution in [0.4, 0.5) is 4.79 Å². The third-order valence-corrected chi connectivity index (χ3v) is 4.64. The molecule has 1 aromatic rings. The average Bonchev–Trinajstić information content (AvgIpc) is 3.35. The lowest BCUT2D eigenvalue weighted by Gasteiger charge is -2.21. The van der Waals surface area contributed by atoms with Crippen molar-refractivity contribution in [3.05, 3.63) is 29.8 Å². The Morgan fingerprint density at radius 2 is 2.04 bits per heavy atom. The van der Waals surface area contributed by atoms with E-state index in [1.54, 1.807) is 12.0 Å². The number of aryl methyl sites for hydroxylation is 1. The standard InChI is InChI=1S/C18H25N3O3/c1-13(3-4-14-5-9-16(24-2)10-6-14)19-18(23)20-11-17(22)21(12-20)15-7-8-15/h5-6,9-10,13,15H,3-4,7-8,11-12H2,1-2H3,(H,19,23)/t13-/m0/s1.